The molecule has 2 aliphatic heterocycles. The molecule has 0 aliphatic carbocycles. The molecule has 1 amide bonds. The molecule has 0 spiro atoms. The number of carbonyl (C=O) groups is 1. The minimum Gasteiger partial charge on any atom is -0.384 e. The third kappa shape index (κ3) is 2.25. The average molecular weight is 328 g/mol. The third-order valence-electron chi connectivity index (χ3n) is 5.28. The largest absolute Gasteiger partial charge is 0.384 e. The Morgan fingerprint density at radius 2 is 2.21 bits per heavy atom. The van der Waals surface area contributed by atoms with Crippen molar-refractivity contribution in [1.29, 1.82) is 0 Å². The van der Waals surface area contributed by atoms with Gasteiger partial charge in [0, 0.05) is 48.5 Å². The van der Waals surface area contributed by atoms with E-state index < -0.39 is 0 Å². The molecule has 4 rings (SSSR count). The molecule has 0 bridgehead atoms. The zero-order valence-electron chi connectivity index (χ0n) is 13.6. The Kier molecular flexibility index (Phi) is 3.66. The van der Waals surface area contributed by atoms with Crippen LogP contribution in [0.2, 0.25) is 0 Å². The Balaban J connectivity index is 1.69. The number of carbonyl (C=O) groups excluding carboxylic acids is 1. The second-order valence-electron chi connectivity index (χ2n) is 6.77. The monoisotopic (exact) mass is 328 g/mol. The number of aromatic amines is 1. The van der Waals surface area contributed by atoms with E-state index in [-0.39, 0.29) is 16.9 Å². The first-order chi connectivity index (χ1) is 11.6. The van der Waals surface area contributed by atoms with Gasteiger partial charge in [0.2, 0.25) is 0 Å². The summed E-state index contributed by atoms with van der Waals surface area (Å²) in [5.74, 6) is 0.253. The van der Waals surface area contributed by atoms with Crippen molar-refractivity contribution in [3.8, 4) is 0 Å². The molecule has 6 nitrogen and oxygen atoms in total. The second kappa shape index (κ2) is 5.72. The Morgan fingerprint density at radius 3 is 3.00 bits per heavy atom. The number of nitrogens with zero attached hydrogens (tertiary/aromatic N) is 1. The number of hydrogen-bond donors (Lipinski definition) is 1. The van der Waals surface area contributed by atoms with E-state index in [4.69, 9.17) is 9.47 Å². The molecule has 2 atom stereocenters. The smallest absolute Gasteiger partial charge is 0.256 e. The van der Waals surface area contributed by atoms with E-state index in [1.54, 1.807) is 19.2 Å². The topological polar surface area (TPSA) is 71.6 Å². The van der Waals surface area contributed by atoms with Gasteiger partial charge in [-0.1, -0.05) is 18.2 Å². The minimum atomic E-state index is -0.176. The number of pyridine rings is 1. The van der Waals surface area contributed by atoms with Gasteiger partial charge in [0.05, 0.1) is 25.4 Å². The Hall–Kier alpha value is -2.18. The number of fused-ring (bicyclic) bond motifs is 2. The predicted octanol–water partition coefficient (Wildman–Crippen LogP) is 1.26. The number of ether oxygens (including phenoxy) is 2. The summed E-state index contributed by atoms with van der Waals surface area (Å²) in [7, 11) is 1.68. The van der Waals surface area contributed by atoms with Gasteiger partial charge < -0.3 is 19.4 Å². The summed E-state index contributed by atoms with van der Waals surface area (Å²) in [4.78, 5) is 29.6. The molecule has 1 aromatic carbocycles. The van der Waals surface area contributed by atoms with Crippen LogP contribution in [0.4, 0.5) is 0 Å². The van der Waals surface area contributed by atoms with Crippen molar-refractivity contribution in [1.82, 2.24) is 9.88 Å². The molecule has 2 saturated heterocycles. The molecular formula is C18H20N2O4. The Labute approximate surface area is 139 Å². The highest BCUT2D eigenvalue weighted by Gasteiger charge is 2.52. The molecule has 126 valence electrons. The first kappa shape index (κ1) is 15.4. The molecule has 2 aromatic rings. The van der Waals surface area contributed by atoms with Crippen LogP contribution in [0.5, 0.6) is 0 Å². The number of hydrogen-bond acceptors (Lipinski definition) is 4. The average Bonchev–Trinajstić information content (AvgIpc) is 3.12. The van der Waals surface area contributed by atoms with E-state index >= 15 is 0 Å². The minimum absolute atomic E-state index is 0.0488. The summed E-state index contributed by atoms with van der Waals surface area (Å²) in [5.41, 5.74) is 0.255. The molecular weight excluding hydrogens is 308 g/mol. The van der Waals surface area contributed by atoms with Crippen LogP contribution in [-0.2, 0) is 9.47 Å². The van der Waals surface area contributed by atoms with E-state index in [9.17, 15) is 9.59 Å². The Morgan fingerprint density at radius 1 is 1.42 bits per heavy atom. The maximum Gasteiger partial charge on any atom is 0.256 e. The first-order valence-electron chi connectivity index (χ1n) is 8.11. The molecule has 3 heterocycles. The highest BCUT2D eigenvalue weighted by Crippen LogP contribution is 2.42. The van der Waals surface area contributed by atoms with Crippen LogP contribution in [0, 0.1) is 11.3 Å². The van der Waals surface area contributed by atoms with Crippen molar-refractivity contribution >= 4 is 16.7 Å². The van der Waals surface area contributed by atoms with Crippen LogP contribution in [0.1, 0.15) is 10.4 Å². The van der Waals surface area contributed by atoms with E-state index in [1.165, 1.54) is 6.20 Å². The number of likely N-dealkylation sites (tertiary alicyclic amines) is 1. The summed E-state index contributed by atoms with van der Waals surface area (Å²) >= 11 is 0. The van der Waals surface area contributed by atoms with Crippen LogP contribution in [0.15, 0.2) is 35.3 Å². The van der Waals surface area contributed by atoms with Crippen LogP contribution < -0.4 is 5.56 Å². The third-order valence-corrected chi connectivity index (χ3v) is 5.28. The summed E-state index contributed by atoms with van der Waals surface area (Å²) in [6.07, 6.45) is 1.53. The van der Waals surface area contributed by atoms with Gasteiger partial charge in [-0.05, 0) is 6.07 Å². The van der Waals surface area contributed by atoms with E-state index in [0.29, 0.717) is 55.2 Å². The predicted molar refractivity (Wildman–Crippen MR) is 89.1 cm³/mol. The van der Waals surface area contributed by atoms with Crippen LogP contribution in [-0.4, -0.2) is 55.8 Å². The van der Waals surface area contributed by atoms with Crippen molar-refractivity contribution in [3.63, 3.8) is 0 Å². The van der Waals surface area contributed by atoms with Crippen molar-refractivity contribution < 1.29 is 14.3 Å². The lowest BCUT2D eigenvalue weighted by molar-refractivity contribution is 0.0489. The number of H-pyrrole nitrogens is 1. The number of rotatable bonds is 3. The molecule has 2 fully saturated rings. The normalized spacial score (nSPS) is 26.0. The van der Waals surface area contributed by atoms with E-state index in [1.807, 2.05) is 17.0 Å². The van der Waals surface area contributed by atoms with Gasteiger partial charge in [-0.2, -0.15) is 0 Å². The summed E-state index contributed by atoms with van der Waals surface area (Å²) in [6, 6.07) is 7.21. The van der Waals surface area contributed by atoms with Gasteiger partial charge in [0.15, 0.2) is 0 Å². The van der Waals surface area contributed by atoms with Gasteiger partial charge in [0.25, 0.3) is 11.5 Å². The molecule has 0 radical (unpaired) electrons. The fraction of sp³-hybridized carbons (Fsp3) is 0.444. The first-order valence-corrected chi connectivity index (χ1v) is 8.11. The molecule has 2 aliphatic rings. The SMILES string of the molecule is COC[C@@]12COC[C@@H]1CN(C(=O)c1c[nH]c(=O)c3ccccc13)C2. The fourth-order valence-corrected chi connectivity index (χ4v) is 4.03. The van der Waals surface area contributed by atoms with Gasteiger partial charge in [0.1, 0.15) is 0 Å². The molecule has 6 heteroatoms. The summed E-state index contributed by atoms with van der Waals surface area (Å²) in [6.45, 7) is 3.17. The van der Waals surface area contributed by atoms with Crippen LogP contribution in [0.25, 0.3) is 10.8 Å². The second-order valence-corrected chi connectivity index (χ2v) is 6.77. The lowest BCUT2D eigenvalue weighted by atomic mass is 9.82. The highest BCUT2D eigenvalue weighted by atomic mass is 16.5. The van der Waals surface area contributed by atoms with Gasteiger partial charge in [-0.3, -0.25) is 9.59 Å². The van der Waals surface area contributed by atoms with Crippen molar-refractivity contribution in [2.24, 2.45) is 11.3 Å². The highest BCUT2D eigenvalue weighted by molar-refractivity contribution is 6.06. The van der Waals surface area contributed by atoms with Crippen molar-refractivity contribution in [3.05, 3.63) is 46.4 Å². The molecule has 0 unspecified atom stereocenters. The van der Waals surface area contributed by atoms with Crippen molar-refractivity contribution in [2.75, 3.05) is 40.0 Å². The molecule has 24 heavy (non-hydrogen) atoms. The maximum absolute atomic E-state index is 13.1. The van der Waals surface area contributed by atoms with Crippen LogP contribution >= 0.6 is 0 Å². The number of benzene rings is 1. The standard InChI is InChI=1S/C18H20N2O4/c1-23-10-18-9-20(7-12(18)8-24-11-18)17(22)15-6-19-16(21)14-5-3-2-4-13(14)15/h2-6,12H,7-11H2,1H3,(H,19,21)/t12-,18-/m0/s1. The molecule has 0 saturated carbocycles. The zero-order valence-corrected chi connectivity index (χ0v) is 13.6. The lowest BCUT2D eigenvalue weighted by Crippen LogP contribution is -2.37. The molecule has 1 aromatic heterocycles. The summed E-state index contributed by atoms with van der Waals surface area (Å²) < 4.78 is 11.0. The Bertz CT molecular complexity index is 846. The van der Waals surface area contributed by atoms with Crippen LogP contribution in [0.3, 0.4) is 0 Å². The van der Waals surface area contributed by atoms with Crippen molar-refractivity contribution in [2.45, 2.75) is 0 Å². The van der Waals surface area contributed by atoms with E-state index in [0.717, 1.165) is 0 Å². The number of nitrogens with one attached hydrogen (secondary N) is 1. The maximum atomic E-state index is 13.1. The van der Waals surface area contributed by atoms with Gasteiger partial charge >= 0.3 is 0 Å². The number of methoxy groups -OCH3 is 1. The summed E-state index contributed by atoms with van der Waals surface area (Å²) in [5, 5.41) is 1.23. The fourth-order valence-electron chi connectivity index (χ4n) is 4.03. The molecule has 1 N–H and O–H groups in total. The lowest BCUT2D eigenvalue weighted by Gasteiger charge is -2.26. The van der Waals surface area contributed by atoms with Gasteiger partial charge in [-0.15, -0.1) is 0 Å². The zero-order chi connectivity index (χ0) is 16.7. The number of aromatic nitrogens is 1. The van der Waals surface area contributed by atoms with Gasteiger partial charge in [-0.25, -0.2) is 0 Å². The van der Waals surface area contributed by atoms with E-state index in [2.05, 4.69) is 4.98 Å². The quantitative estimate of drug-likeness (QED) is 0.921. The number of amides is 1.